The van der Waals surface area contributed by atoms with E-state index < -0.39 is 5.97 Å². The van der Waals surface area contributed by atoms with E-state index in [0.29, 0.717) is 22.9 Å². The maximum absolute atomic E-state index is 12.5. The summed E-state index contributed by atoms with van der Waals surface area (Å²) in [7, 11) is 0. The first-order chi connectivity index (χ1) is 15.9. The molecule has 0 spiro atoms. The van der Waals surface area contributed by atoms with Crippen molar-refractivity contribution in [1.82, 2.24) is 14.8 Å². The number of carbonyl (C=O) groups is 2. The summed E-state index contributed by atoms with van der Waals surface area (Å²) < 4.78 is 7.26. The van der Waals surface area contributed by atoms with Crippen molar-refractivity contribution in [2.75, 3.05) is 4.90 Å². The Balaban J connectivity index is 1.40. The van der Waals surface area contributed by atoms with E-state index in [1.54, 1.807) is 28.6 Å². The van der Waals surface area contributed by atoms with Gasteiger partial charge in [0.2, 0.25) is 5.91 Å². The van der Waals surface area contributed by atoms with E-state index in [4.69, 9.17) is 4.74 Å². The molecule has 2 aromatic carbocycles. The Morgan fingerprint density at radius 3 is 2.58 bits per heavy atom. The summed E-state index contributed by atoms with van der Waals surface area (Å²) in [4.78, 5) is 31.0. The molecule has 0 atom stereocenters. The summed E-state index contributed by atoms with van der Waals surface area (Å²) >= 11 is 1.34. The molecule has 0 aliphatic rings. The molecule has 2 aromatic heterocycles. The summed E-state index contributed by atoms with van der Waals surface area (Å²) in [5, 5.41) is 6.53. The van der Waals surface area contributed by atoms with Crippen molar-refractivity contribution >= 4 is 34.0 Å². The molecule has 33 heavy (non-hydrogen) atoms. The third kappa shape index (κ3) is 5.35. The number of amides is 1. The molecule has 8 heteroatoms. The van der Waals surface area contributed by atoms with E-state index in [1.165, 1.54) is 18.3 Å². The van der Waals surface area contributed by atoms with E-state index >= 15 is 0 Å². The number of benzene rings is 2. The smallest absolute Gasteiger partial charge is 0.338 e. The number of nitrogens with zero attached hydrogens (tertiary/aromatic N) is 4. The fourth-order valence-electron chi connectivity index (χ4n) is 3.48. The fraction of sp³-hybridized carbons (Fsp3) is 0.200. The van der Waals surface area contributed by atoms with Crippen LogP contribution >= 0.6 is 11.3 Å². The van der Waals surface area contributed by atoms with Crippen LogP contribution in [-0.4, -0.2) is 26.6 Å². The van der Waals surface area contributed by atoms with Crippen LogP contribution in [0.25, 0.3) is 0 Å². The molecule has 0 N–H and O–H groups in total. The third-order valence-corrected chi connectivity index (χ3v) is 5.96. The zero-order valence-electron chi connectivity index (χ0n) is 18.7. The lowest BCUT2D eigenvalue weighted by Gasteiger charge is -2.20. The minimum absolute atomic E-state index is 0.0308. The highest BCUT2D eigenvalue weighted by molar-refractivity contribution is 7.14. The van der Waals surface area contributed by atoms with E-state index in [0.717, 1.165) is 22.4 Å². The Labute approximate surface area is 196 Å². The Morgan fingerprint density at radius 1 is 1.12 bits per heavy atom. The minimum atomic E-state index is -0.423. The molecule has 1 amide bonds. The number of carbonyl (C=O) groups excluding carboxylic acids is 2. The number of anilines is 2. The first-order valence-corrected chi connectivity index (χ1v) is 11.3. The molecule has 0 saturated carbocycles. The highest BCUT2D eigenvalue weighted by Gasteiger charge is 2.20. The summed E-state index contributed by atoms with van der Waals surface area (Å²) in [6, 6.07) is 15.0. The van der Waals surface area contributed by atoms with Gasteiger partial charge in [0, 0.05) is 24.7 Å². The Kier molecular flexibility index (Phi) is 6.65. The van der Waals surface area contributed by atoms with Gasteiger partial charge in [-0.15, -0.1) is 11.3 Å². The number of aryl methyl sites for hydroxylation is 2. The van der Waals surface area contributed by atoms with Crippen molar-refractivity contribution in [3.63, 3.8) is 0 Å². The van der Waals surface area contributed by atoms with E-state index in [-0.39, 0.29) is 12.5 Å². The predicted molar refractivity (Wildman–Crippen MR) is 128 cm³/mol. The van der Waals surface area contributed by atoms with Gasteiger partial charge in [0.05, 0.1) is 23.5 Å². The van der Waals surface area contributed by atoms with Crippen LogP contribution in [0.1, 0.15) is 39.7 Å². The van der Waals surface area contributed by atoms with Crippen LogP contribution in [0.15, 0.2) is 66.3 Å². The van der Waals surface area contributed by atoms with Gasteiger partial charge in [-0.1, -0.05) is 29.8 Å². The second-order valence-corrected chi connectivity index (χ2v) is 8.58. The maximum Gasteiger partial charge on any atom is 0.338 e. The van der Waals surface area contributed by atoms with Crippen molar-refractivity contribution in [1.29, 1.82) is 0 Å². The SMILES string of the molecule is CC(=O)N(c1nc(COC(=O)c2ccc(Cn3cccn3)cc2)cs1)c1ccc(C)cc1C. The zero-order chi connectivity index (χ0) is 23.4. The van der Waals surface area contributed by atoms with Gasteiger partial charge >= 0.3 is 5.97 Å². The van der Waals surface area contributed by atoms with Crippen LogP contribution in [0.5, 0.6) is 0 Å². The summed E-state index contributed by atoms with van der Waals surface area (Å²) in [6.45, 7) is 6.16. The largest absolute Gasteiger partial charge is 0.456 e. The van der Waals surface area contributed by atoms with E-state index in [9.17, 15) is 9.59 Å². The average molecular weight is 461 g/mol. The molecule has 168 valence electrons. The topological polar surface area (TPSA) is 77.3 Å². The van der Waals surface area contributed by atoms with Crippen LogP contribution in [0.3, 0.4) is 0 Å². The highest BCUT2D eigenvalue weighted by atomic mass is 32.1. The molecule has 2 heterocycles. The van der Waals surface area contributed by atoms with Gasteiger partial charge in [0.15, 0.2) is 5.13 Å². The lowest BCUT2D eigenvalue weighted by atomic mass is 10.1. The molecular formula is C25H24N4O3S. The molecule has 0 radical (unpaired) electrons. The number of hydrogen-bond donors (Lipinski definition) is 0. The number of rotatable bonds is 7. The number of esters is 1. The number of hydrogen-bond acceptors (Lipinski definition) is 6. The third-order valence-electron chi connectivity index (χ3n) is 5.08. The Hall–Kier alpha value is -3.78. The normalized spacial score (nSPS) is 10.8. The van der Waals surface area contributed by atoms with Crippen LogP contribution in [0.2, 0.25) is 0 Å². The minimum Gasteiger partial charge on any atom is -0.456 e. The first kappa shape index (κ1) is 22.4. The molecule has 0 unspecified atom stereocenters. The van der Waals surface area contributed by atoms with Gasteiger partial charge < -0.3 is 4.74 Å². The molecule has 0 bridgehead atoms. The Morgan fingerprint density at radius 2 is 1.91 bits per heavy atom. The second kappa shape index (κ2) is 9.79. The van der Waals surface area contributed by atoms with Crippen LogP contribution in [0, 0.1) is 13.8 Å². The molecule has 4 rings (SSSR count). The monoisotopic (exact) mass is 460 g/mol. The van der Waals surface area contributed by atoms with E-state index in [1.807, 2.05) is 61.1 Å². The fourth-order valence-corrected chi connectivity index (χ4v) is 4.34. The van der Waals surface area contributed by atoms with Gasteiger partial charge in [0.25, 0.3) is 0 Å². The second-order valence-electron chi connectivity index (χ2n) is 7.74. The predicted octanol–water partition coefficient (Wildman–Crippen LogP) is 5.05. The number of aromatic nitrogens is 3. The number of thiazole rings is 1. The Bertz CT molecular complexity index is 1260. The van der Waals surface area contributed by atoms with Gasteiger partial charge in [-0.25, -0.2) is 9.78 Å². The van der Waals surface area contributed by atoms with Crippen LogP contribution in [-0.2, 0) is 22.7 Å². The van der Waals surface area contributed by atoms with Crippen molar-refractivity contribution in [3.8, 4) is 0 Å². The van der Waals surface area contributed by atoms with Crippen molar-refractivity contribution < 1.29 is 14.3 Å². The molecule has 0 saturated heterocycles. The van der Waals surface area contributed by atoms with Gasteiger partial charge in [-0.05, 0) is 49.2 Å². The van der Waals surface area contributed by atoms with Crippen molar-refractivity contribution in [2.24, 2.45) is 0 Å². The molecule has 4 aromatic rings. The van der Waals surface area contributed by atoms with E-state index in [2.05, 4.69) is 10.1 Å². The van der Waals surface area contributed by atoms with Gasteiger partial charge in [0.1, 0.15) is 6.61 Å². The van der Waals surface area contributed by atoms with Crippen molar-refractivity contribution in [2.45, 2.75) is 33.9 Å². The van der Waals surface area contributed by atoms with Crippen molar-refractivity contribution in [3.05, 3.63) is 94.3 Å². The zero-order valence-corrected chi connectivity index (χ0v) is 19.5. The first-order valence-electron chi connectivity index (χ1n) is 10.5. The average Bonchev–Trinajstić information content (AvgIpc) is 3.46. The highest BCUT2D eigenvalue weighted by Crippen LogP contribution is 2.32. The van der Waals surface area contributed by atoms with Crippen LogP contribution < -0.4 is 4.90 Å². The summed E-state index contributed by atoms with van der Waals surface area (Å²) in [5.74, 6) is -0.553. The lowest BCUT2D eigenvalue weighted by molar-refractivity contribution is -0.115. The summed E-state index contributed by atoms with van der Waals surface area (Å²) in [6.07, 6.45) is 3.62. The molecule has 7 nitrogen and oxygen atoms in total. The standard InChI is InChI=1S/C25H24N4O3S/c1-17-5-10-23(18(2)13-17)29(19(3)30)25-27-22(16-33-25)15-32-24(31)21-8-6-20(7-9-21)14-28-12-4-11-26-28/h4-13,16H,14-15H2,1-3H3. The molecule has 0 aliphatic heterocycles. The lowest BCUT2D eigenvalue weighted by Crippen LogP contribution is -2.23. The van der Waals surface area contributed by atoms with Gasteiger partial charge in [-0.3, -0.25) is 14.4 Å². The molecule has 0 aliphatic carbocycles. The maximum atomic E-state index is 12.5. The number of ether oxygens (including phenoxy) is 1. The molecular weight excluding hydrogens is 436 g/mol. The van der Waals surface area contributed by atoms with Crippen LogP contribution in [0.4, 0.5) is 10.8 Å². The summed E-state index contributed by atoms with van der Waals surface area (Å²) in [5.41, 5.74) is 5.01. The molecule has 0 fully saturated rings. The quantitative estimate of drug-likeness (QED) is 0.361. The van der Waals surface area contributed by atoms with Gasteiger partial charge in [-0.2, -0.15) is 5.10 Å².